The molecule has 0 fully saturated rings. The minimum atomic E-state index is -3.24. The molecule has 0 bridgehead atoms. The summed E-state index contributed by atoms with van der Waals surface area (Å²) < 4.78 is 42.1. The number of hydrogen-bond acceptors (Lipinski definition) is 6. The third kappa shape index (κ3) is 7.80. The lowest BCUT2D eigenvalue weighted by molar-refractivity contribution is 0.371. The van der Waals surface area contributed by atoms with Gasteiger partial charge in [0.2, 0.25) is 5.89 Å². The van der Waals surface area contributed by atoms with Gasteiger partial charge in [-0.3, -0.25) is 0 Å². The van der Waals surface area contributed by atoms with Gasteiger partial charge in [0.1, 0.15) is 5.82 Å². The lowest BCUT2D eigenvalue weighted by atomic mass is 10.1. The largest absolute Gasteiger partial charge is 0.357 e. The molecule has 2 aromatic rings. The first kappa shape index (κ1) is 22.8. The lowest BCUT2D eigenvalue weighted by Gasteiger charge is -2.12. The number of aromatic nitrogens is 2. The fraction of sp³-hybridized carbons (Fsp3) is 0.526. The van der Waals surface area contributed by atoms with Crippen molar-refractivity contribution in [1.29, 1.82) is 0 Å². The maximum absolute atomic E-state index is 13.6. The summed E-state index contributed by atoms with van der Waals surface area (Å²) in [4.78, 5) is 8.77. The number of nitrogens with one attached hydrogen (secondary N) is 2. The van der Waals surface area contributed by atoms with E-state index in [1.165, 1.54) is 18.2 Å². The Labute approximate surface area is 170 Å². The van der Waals surface area contributed by atoms with E-state index < -0.39 is 15.7 Å². The SMILES string of the molecule is CCNC(=NCc1cc(F)ccc1CS(C)(=O)=O)NCCc1nc(C(C)C)no1. The van der Waals surface area contributed by atoms with E-state index in [9.17, 15) is 12.8 Å². The summed E-state index contributed by atoms with van der Waals surface area (Å²) >= 11 is 0. The molecule has 0 aliphatic rings. The minimum Gasteiger partial charge on any atom is -0.357 e. The van der Waals surface area contributed by atoms with E-state index in [1.54, 1.807) is 0 Å². The summed E-state index contributed by atoms with van der Waals surface area (Å²) in [7, 11) is -3.24. The smallest absolute Gasteiger partial charge is 0.228 e. The van der Waals surface area contributed by atoms with Gasteiger partial charge in [-0.1, -0.05) is 25.1 Å². The van der Waals surface area contributed by atoms with Crippen LogP contribution in [0.25, 0.3) is 0 Å². The Bertz CT molecular complexity index is 941. The van der Waals surface area contributed by atoms with Crippen molar-refractivity contribution >= 4 is 15.8 Å². The summed E-state index contributed by atoms with van der Waals surface area (Å²) in [5.41, 5.74) is 1.08. The van der Waals surface area contributed by atoms with Crippen molar-refractivity contribution in [2.75, 3.05) is 19.3 Å². The summed E-state index contributed by atoms with van der Waals surface area (Å²) in [6, 6.07) is 4.07. The maximum atomic E-state index is 13.6. The standard InChI is InChI=1S/C19H28FN5O3S/c1-5-21-19(22-9-8-17-24-18(13(2)3)25-28-17)23-11-15-10-16(20)7-6-14(15)12-29(4,26)27/h6-7,10,13H,5,8-9,11-12H2,1-4H3,(H2,21,22,23). The molecule has 8 nitrogen and oxygen atoms in total. The molecule has 2 rings (SSSR count). The van der Waals surface area contributed by atoms with Crippen molar-refractivity contribution in [1.82, 2.24) is 20.8 Å². The molecule has 1 heterocycles. The van der Waals surface area contributed by atoms with Gasteiger partial charge in [0.15, 0.2) is 21.6 Å². The molecular weight excluding hydrogens is 397 g/mol. The molecule has 0 spiro atoms. The molecule has 10 heteroatoms. The van der Waals surface area contributed by atoms with Crippen LogP contribution >= 0.6 is 0 Å². The van der Waals surface area contributed by atoms with Gasteiger partial charge in [0, 0.05) is 31.7 Å². The Morgan fingerprint density at radius 1 is 1.28 bits per heavy atom. The van der Waals surface area contributed by atoms with Crippen LogP contribution in [-0.2, 0) is 28.6 Å². The fourth-order valence-corrected chi connectivity index (χ4v) is 3.41. The van der Waals surface area contributed by atoms with Crippen molar-refractivity contribution in [3.05, 3.63) is 46.9 Å². The molecule has 2 N–H and O–H groups in total. The lowest BCUT2D eigenvalue weighted by Crippen LogP contribution is -2.38. The molecule has 0 radical (unpaired) electrons. The topological polar surface area (TPSA) is 109 Å². The van der Waals surface area contributed by atoms with E-state index in [-0.39, 0.29) is 18.2 Å². The molecule has 0 aliphatic heterocycles. The van der Waals surface area contributed by atoms with E-state index in [4.69, 9.17) is 4.52 Å². The first-order valence-electron chi connectivity index (χ1n) is 9.47. The Kier molecular flexibility index (Phi) is 8.12. The number of sulfone groups is 1. The minimum absolute atomic E-state index is 0.149. The number of halogens is 1. The van der Waals surface area contributed by atoms with Crippen LogP contribution in [-0.4, -0.2) is 43.9 Å². The maximum Gasteiger partial charge on any atom is 0.228 e. The van der Waals surface area contributed by atoms with Crippen LogP contribution in [0.5, 0.6) is 0 Å². The molecule has 1 aromatic heterocycles. The van der Waals surface area contributed by atoms with Crippen molar-refractivity contribution in [3.8, 4) is 0 Å². The summed E-state index contributed by atoms with van der Waals surface area (Å²) in [5.74, 6) is 1.36. The normalized spacial score (nSPS) is 12.4. The van der Waals surface area contributed by atoms with Crippen LogP contribution in [0.1, 0.15) is 49.5 Å². The molecule has 160 valence electrons. The molecule has 0 unspecified atom stereocenters. The Balaban J connectivity index is 2.03. The molecule has 0 saturated carbocycles. The van der Waals surface area contributed by atoms with E-state index in [1.807, 2.05) is 20.8 Å². The van der Waals surface area contributed by atoms with Gasteiger partial charge >= 0.3 is 0 Å². The second-order valence-electron chi connectivity index (χ2n) is 7.06. The Hall–Kier alpha value is -2.49. The molecule has 1 aromatic carbocycles. The van der Waals surface area contributed by atoms with Crippen molar-refractivity contribution in [2.45, 2.75) is 45.4 Å². The quantitative estimate of drug-likeness (QED) is 0.468. The highest BCUT2D eigenvalue weighted by Gasteiger charge is 2.12. The molecule has 0 aliphatic carbocycles. The van der Waals surface area contributed by atoms with Crippen molar-refractivity contribution < 1.29 is 17.3 Å². The monoisotopic (exact) mass is 425 g/mol. The van der Waals surface area contributed by atoms with Crippen LogP contribution in [0.3, 0.4) is 0 Å². The first-order chi connectivity index (χ1) is 13.7. The summed E-state index contributed by atoms with van der Waals surface area (Å²) in [6.07, 6.45) is 1.68. The third-order valence-electron chi connectivity index (χ3n) is 3.97. The second kappa shape index (κ2) is 10.3. The van der Waals surface area contributed by atoms with Crippen LogP contribution in [0.4, 0.5) is 4.39 Å². The van der Waals surface area contributed by atoms with E-state index in [2.05, 4.69) is 25.8 Å². The van der Waals surface area contributed by atoms with Gasteiger partial charge in [0.25, 0.3) is 0 Å². The average Bonchev–Trinajstić information content (AvgIpc) is 3.10. The average molecular weight is 426 g/mol. The molecular formula is C19H28FN5O3S. The second-order valence-corrected chi connectivity index (χ2v) is 9.20. The highest BCUT2D eigenvalue weighted by Crippen LogP contribution is 2.15. The Morgan fingerprint density at radius 2 is 2.03 bits per heavy atom. The number of hydrogen-bond donors (Lipinski definition) is 2. The van der Waals surface area contributed by atoms with Gasteiger partial charge < -0.3 is 15.2 Å². The predicted molar refractivity (Wildman–Crippen MR) is 110 cm³/mol. The number of benzene rings is 1. The van der Waals surface area contributed by atoms with Gasteiger partial charge in [0.05, 0.1) is 12.3 Å². The van der Waals surface area contributed by atoms with Crippen molar-refractivity contribution in [3.63, 3.8) is 0 Å². The van der Waals surface area contributed by atoms with Crippen LogP contribution in [0.15, 0.2) is 27.7 Å². The molecule has 29 heavy (non-hydrogen) atoms. The predicted octanol–water partition coefficient (Wildman–Crippen LogP) is 2.17. The number of guanidine groups is 1. The third-order valence-corrected chi connectivity index (χ3v) is 4.80. The van der Waals surface area contributed by atoms with Crippen molar-refractivity contribution in [2.24, 2.45) is 4.99 Å². The number of nitrogens with zero attached hydrogens (tertiary/aromatic N) is 3. The highest BCUT2D eigenvalue weighted by molar-refractivity contribution is 7.89. The van der Waals surface area contributed by atoms with E-state index >= 15 is 0 Å². The summed E-state index contributed by atoms with van der Waals surface area (Å²) in [5, 5.41) is 10.2. The van der Waals surface area contributed by atoms with Gasteiger partial charge in [-0.2, -0.15) is 4.98 Å². The number of aliphatic imine (C=N–C) groups is 1. The Morgan fingerprint density at radius 3 is 2.66 bits per heavy atom. The molecule has 0 amide bonds. The van der Waals surface area contributed by atoms with E-state index in [0.29, 0.717) is 48.3 Å². The van der Waals surface area contributed by atoms with Crippen LogP contribution < -0.4 is 10.6 Å². The molecule has 0 saturated heterocycles. The molecule has 0 atom stereocenters. The van der Waals surface area contributed by atoms with Gasteiger partial charge in [-0.25, -0.2) is 17.8 Å². The van der Waals surface area contributed by atoms with Gasteiger partial charge in [-0.05, 0) is 30.2 Å². The fourth-order valence-electron chi connectivity index (χ4n) is 2.56. The van der Waals surface area contributed by atoms with Gasteiger partial charge in [-0.15, -0.1) is 0 Å². The van der Waals surface area contributed by atoms with E-state index in [0.717, 1.165) is 6.26 Å². The number of rotatable bonds is 9. The van der Waals surface area contributed by atoms with Crippen LogP contribution in [0, 0.1) is 5.82 Å². The first-order valence-corrected chi connectivity index (χ1v) is 11.5. The highest BCUT2D eigenvalue weighted by atomic mass is 32.2. The van der Waals surface area contributed by atoms with Crippen LogP contribution in [0.2, 0.25) is 0 Å². The zero-order valence-electron chi connectivity index (χ0n) is 17.2. The zero-order chi connectivity index (χ0) is 21.4. The summed E-state index contributed by atoms with van der Waals surface area (Å²) in [6.45, 7) is 7.23. The zero-order valence-corrected chi connectivity index (χ0v) is 18.0.